The maximum Gasteiger partial charge on any atom is 0.199 e. The molecule has 0 spiro atoms. The van der Waals surface area contributed by atoms with Crippen molar-refractivity contribution < 1.29 is 13.3 Å². The van der Waals surface area contributed by atoms with E-state index < -0.39 is 15.4 Å². The van der Waals surface area contributed by atoms with E-state index in [2.05, 4.69) is 5.16 Å². The summed E-state index contributed by atoms with van der Waals surface area (Å²) in [7, 11) is -3.69. The summed E-state index contributed by atoms with van der Waals surface area (Å²) < 4.78 is 24.8. The molecule has 1 aromatic rings. The molecule has 1 aromatic carbocycles. The number of benzene rings is 1. The summed E-state index contributed by atoms with van der Waals surface area (Å²) in [6.07, 6.45) is 0.116. The lowest BCUT2D eigenvalue weighted by Gasteiger charge is -2.16. The largest absolute Gasteiger partial charge is 0.387 e. The van der Waals surface area contributed by atoms with Gasteiger partial charge in [0.15, 0.2) is 20.5 Å². The van der Waals surface area contributed by atoms with Crippen molar-refractivity contribution in [2.45, 2.75) is 24.7 Å². The van der Waals surface area contributed by atoms with E-state index >= 15 is 0 Å². The fourth-order valence-corrected chi connectivity index (χ4v) is 4.20. The molecule has 21 heavy (non-hydrogen) atoms. The van der Waals surface area contributed by atoms with Gasteiger partial charge in [0.25, 0.3) is 0 Å². The van der Waals surface area contributed by atoms with Gasteiger partial charge < -0.3 is 4.84 Å². The predicted molar refractivity (Wildman–Crippen MR) is 86.4 cm³/mol. The standard InChI is InChI=1S/C12H11Cl4NO3S/c1-12(6-13)4-10(17-20-12)21(18,19)5-7-2-8(14)3-9(15)11(7)16/h2-3H,4-6H2,1H3. The second kappa shape index (κ2) is 6.13. The fourth-order valence-electron chi connectivity index (χ4n) is 1.79. The maximum absolute atomic E-state index is 12.4. The Morgan fingerprint density at radius 1 is 1.33 bits per heavy atom. The van der Waals surface area contributed by atoms with Crippen LogP contribution in [0.2, 0.25) is 15.1 Å². The number of oxime groups is 1. The number of hydrogen-bond donors (Lipinski definition) is 0. The Labute approximate surface area is 142 Å². The molecule has 9 heteroatoms. The average Bonchev–Trinajstić information content (AvgIpc) is 2.79. The highest BCUT2D eigenvalue weighted by Crippen LogP contribution is 2.33. The molecular formula is C12H11Cl4NO3S. The highest BCUT2D eigenvalue weighted by Gasteiger charge is 2.39. The zero-order chi connectivity index (χ0) is 15.8. The third kappa shape index (κ3) is 3.77. The van der Waals surface area contributed by atoms with Crippen LogP contribution in [0.1, 0.15) is 18.9 Å². The summed E-state index contributed by atoms with van der Waals surface area (Å²) in [5, 5.41) is 4.25. The van der Waals surface area contributed by atoms with Gasteiger partial charge >= 0.3 is 0 Å². The molecule has 1 unspecified atom stereocenters. The molecular weight excluding hydrogens is 380 g/mol. The van der Waals surface area contributed by atoms with Crippen molar-refractivity contribution >= 4 is 61.3 Å². The summed E-state index contributed by atoms with van der Waals surface area (Å²) in [4.78, 5) is 5.10. The minimum absolute atomic E-state index is 0.0576. The third-order valence-electron chi connectivity index (χ3n) is 2.95. The van der Waals surface area contributed by atoms with E-state index in [4.69, 9.17) is 51.2 Å². The lowest BCUT2D eigenvalue weighted by Crippen LogP contribution is -2.28. The van der Waals surface area contributed by atoms with Crippen molar-refractivity contribution in [3.8, 4) is 0 Å². The first kappa shape index (κ1) is 17.2. The van der Waals surface area contributed by atoms with Gasteiger partial charge in [-0.1, -0.05) is 40.0 Å². The molecule has 0 aromatic heterocycles. The molecule has 0 bridgehead atoms. The molecule has 1 heterocycles. The van der Waals surface area contributed by atoms with E-state index in [1.54, 1.807) is 6.92 Å². The minimum Gasteiger partial charge on any atom is -0.387 e. The lowest BCUT2D eigenvalue weighted by atomic mass is 10.1. The van der Waals surface area contributed by atoms with Gasteiger partial charge in [0.05, 0.1) is 21.7 Å². The van der Waals surface area contributed by atoms with E-state index in [-0.39, 0.29) is 33.1 Å². The molecule has 1 atom stereocenters. The Bertz CT molecular complexity index is 705. The van der Waals surface area contributed by atoms with Crippen LogP contribution in [-0.4, -0.2) is 24.9 Å². The summed E-state index contributed by atoms with van der Waals surface area (Å²) in [5.74, 6) is -0.216. The van der Waals surface area contributed by atoms with Crippen molar-refractivity contribution in [3.05, 3.63) is 32.8 Å². The van der Waals surface area contributed by atoms with Gasteiger partial charge in [-0.05, 0) is 24.6 Å². The molecule has 4 nitrogen and oxygen atoms in total. The molecule has 0 fully saturated rings. The predicted octanol–water partition coefficient (Wildman–Crippen LogP) is 4.29. The van der Waals surface area contributed by atoms with Crippen LogP contribution in [0, 0.1) is 0 Å². The van der Waals surface area contributed by atoms with Gasteiger partial charge in [0.1, 0.15) is 0 Å². The van der Waals surface area contributed by atoms with Crippen molar-refractivity contribution in [1.82, 2.24) is 0 Å². The lowest BCUT2D eigenvalue weighted by molar-refractivity contribution is 0.0152. The van der Waals surface area contributed by atoms with E-state index in [0.29, 0.717) is 10.6 Å². The Balaban J connectivity index is 2.28. The van der Waals surface area contributed by atoms with Gasteiger partial charge in [-0.2, -0.15) is 0 Å². The molecule has 0 amide bonds. The summed E-state index contributed by atoms with van der Waals surface area (Å²) in [5.41, 5.74) is -0.490. The third-order valence-corrected chi connectivity index (χ3v) is 6.20. The molecule has 0 N–H and O–H groups in total. The number of hydrogen-bond acceptors (Lipinski definition) is 4. The van der Waals surface area contributed by atoms with Crippen LogP contribution in [0.4, 0.5) is 0 Å². The highest BCUT2D eigenvalue weighted by atomic mass is 35.5. The molecule has 2 rings (SSSR count). The van der Waals surface area contributed by atoms with Crippen molar-refractivity contribution in [1.29, 1.82) is 0 Å². The van der Waals surface area contributed by atoms with Crippen LogP contribution in [-0.2, 0) is 20.4 Å². The molecule has 0 aliphatic carbocycles. The molecule has 116 valence electrons. The number of halogens is 4. The van der Waals surface area contributed by atoms with Gasteiger partial charge in [-0.15, -0.1) is 11.6 Å². The smallest absolute Gasteiger partial charge is 0.199 e. The quantitative estimate of drug-likeness (QED) is 0.571. The number of sulfone groups is 1. The molecule has 0 saturated heterocycles. The van der Waals surface area contributed by atoms with Crippen LogP contribution >= 0.6 is 46.4 Å². The highest BCUT2D eigenvalue weighted by molar-refractivity contribution is 8.05. The molecule has 1 aliphatic heterocycles. The number of nitrogens with zero attached hydrogens (tertiary/aromatic N) is 1. The first-order chi connectivity index (χ1) is 9.67. The average molecular weight is 391 g/mol. The summed E-state index contributed by atoms with van der Waals surface area (Å²) in [6.45, 7) is 1.69. The van der Waals surface area contributed by atoms with Gasteiger partial charge in [0, 0.05) is 11.4 Å². The van der Waals surface area contributed by atoms with E-state index in [1.807, 2.05) is 0 Å². The topological polar surface area (TPSA) is 55.7 Å². The minimum atomic E-state index is -3.69. The first-order valence-electron chi connectivity index (χ1n) is 5.84. The second-order valence-corrected chi connectivity index (χ2v) is 8.43. The SMILES string of the molecule is CC1(CCl)CC(S(=O)(=O)Cc2cc(Cl)cc(Cl)c2Cl)=NO1. The monoisotopic (exact) mass is 389 g/mol. The maximum atomic E-state index is 12.4. The Hall–Kier alpha value is -0.200. The Morgan fingerprint density at radius 3 is 2.57 bits per heavy atom. The fraction of sp³-hybridized carbons (Fsp3) is 0.417. The first-order valence-corrected chi connectivity index (χ1v) is 9.16. The van der Waals surface area contributed by atoms with Crippen LogP contribution < -0.4 is 0 Å². The second-order valence-electron chi connectivity index (χ2n) is 4.96. The zero-order valence-corrected chi connectivity index (χ0v) is 14.7. The van der Waals surface area contributed by atoms with Gasteiger partial charge in [-0.3, -0.25) is 0 Å². The van der Waals surface area contributed by atoms with Crippen LogP contribution in [0.25, 0.3) is 0 Å². The molecule has 1 aliphatic rings. The molecule has 0 radical (unpaired) electrons. The van der Waals surface area contributed by atoms with Crippen LogP contribution in [0.5, 0.6) is 0 Å². The van der Waals surface area contributed by atoms with Crippen molar-refractivity contribution in [2.75, 3.05) is 5.88 Å². The van der Waals surface area contributed by atoms with Gasteiger partial charge in [0.2, 0.25) is 0 Å². The van der Waals surface area contributed by atoms with E-state index in [0.717, 1.165) is 0 Å². The number of rotatable bonds is 3. The summed E-state index contributed by atoms with van der Waals surface area (Å²) >= 11 is 23.5. The zero-order valence-electron chi connectivity index (χ0n) is 10.9. The number of alkyl halides is 1. The van der Waals surface area contributed by atoms with Crippen LogP contribution in [0.15, 0.2) is 17.3 Å². The van der Waals surface area contributed by atoms with Gasteiger partial charge in [-0.25, -0.2) is 8.42 Å². The molecule has 0 saturated carbocycles. The Morgan fingerprint density at radius 2 is 2.00 bits per heavy atom. The van der Waals surface area contributed by atoms with Crippen molar-refractivity contribution in [2.24, 2.45) is 5.16 Å². The summed E-state index contributed by atoms with van der Waals surface area (Å²) in [6, 6.07) is 2.91. The van der Waals surface area contributed by atoms with Crippen molar-refractivity contribution in [3.63, 3.8) is 0 Å². The van der Waals surface area contributed by atoms with E-state index in [1.165, 1.54) is 12.1 Å². The van der Waals surface area contributed by atoms with Crippen LogP contribution in [0.3, 0.4) is 0 Å². The van der Waals surface area contributed by atoms with E-state index in [9.17, 15) is 8.42 Å². The Kier molecular flexibility index (Phi) is 5.01. The normalized spacial score (nSPS) is 22.0.